The molecule has 0 saturated carbocycles. The van der Waals surface area contributed by atoms with Crippen LogP contribution in [-0.2, 0) is 0 Å². The molecular weight excluding hydrogens is 468 g/mol. The normalized spacial score (nSPS) is 13.2. The van der Waals surface area contributed by atoms with Crippen molar-refractivity contribution < 1.29 is 0 Å². The lowest BCUT2D eigenvalue weighted by Crippen LogP contribution is -1.95. The molecule has 236 valence electrons. The van der Waals surface area contributed by atoms with Crippen molar-refractivity contribution in [2.24, 2.45) is 11.8 Å². The minimum absolute atomic E-state index is 0.964. The Balaban J connectivity index is 3.21. The summed E-state index contributed by atoms with van der Waals surface area (Å²) < 4.78 is 0. The Morgan fingerprint density at radius 3 is 0.564 bits per heavy atom. The third kappa shape index (κ3) is 34.1. The minimum Gasteiger partial charge on any atom is -0.0654 e. The second-order valence-electron chi connectivity index (χ2n) is 13.9. The molecule has 0 bridgehead atoms. The van der Waals surface area contributed by atoms with E-state index in [1.165, 1.54) is 212 Å². The van der Waals surface area contributed by atoms with Gasteiger partial charge in [0.05, 0.1) is 0 Å². The van der Waals surface area contributed by atoms with Gasteiger partial charge in [0, 0.05) is 0 Å². The first-order valence-corrected chi connectivity index (χ1v) is 19.2. The number of unbranched alkanes of at least 4 members (excludes halogenated alkanes) is 26. The molecule has 0 unspecified atom stereocenters. The molecule has 0 heteroatoms. The predicted octanol–water partition coefficient (Wildman–Crippen LogP) is 15.2. The van der Waals surface area contributed by atoms with Gasteiger partial charge < -0.3 is 0 Å². The molecule has 0 aromatic heterocycles. The van der Waals surface area contributed by atoms with Crippen molar-refractivity contribution in [1.29, 1.82) is 0 Å². The first-order valence-electron chi connectivity index (χ1n) is 19.2. The van der Waals surface area contributed by atoms with Crippen LogP contribution in [0, 0.1) is 11.8 Å². The van der Waals surface area contributed by atoms with E-state index >= 15 is 0 Å². The summed E-state index contributed by atoms with van der Waals surface area (Å²) in [5.41, 5.74) is 0. The molecule has 39 heavy (non-hydrogen) atoms. The van der Waals surface area contributed by atoms with Gasteiger partial charge in [0.25, 0.3) is 0 Å². The van der Waals surface area contributed by atoms with Crippen LogP contribution in [0.15, 0.2) is 0 Å². The average molecular weight is 549 g/mol. The summed E-state index contributed by atoms with van der Waals surface area (Å²) in [7, 11) is 0. The van der Waals surface area contributed by atoms with Crippen molar-refractivity contribution in [1.82, 2.24) is 0 Å². The summed E-state index contributed by atoms with van der Waals surface area (Å²) in [5, 5.41) is 0. The van der Waals surface area contributed by atoms with E-state index in [-0.39, 0.29) is 0 Å². The summed E-state index contributed by atoms with van der Waals surface area (Å²) in [4.78, 5) is 0. The van der Waals surface area contributed by atoms with Crippen LogP contribution in [0.1, 0.15) is 240 Å². The van der Waals surface area contributed by atoms with E-state index in [4.69, 9.17) is 0 Å². The largest absolute Gasteiger partial charge is 0.0654 e. The number of hydrogen-bond donors (Lipinski definition) is 0. The van der Waals surface area contributed by atoms with Crippen LogP contribution in [0.3, 0.4) is 0 Å². The maximum atomic E-state index is 2.51. The summed E-state index contributed by atoms with van der Waals surface area (Å²) in [6.07, 6.45) is 48.6. The van der Waals surface area contributed by atoms with Crippen LogP contribution in [0.2, 0.25) is 0 Å². The molecule has 0 aliphatic carbocycles. The van der Waals surface area contributed by atoms with Crippen LogP contribution in [0.25, 0.3) is 0 Å². The predicted molar refractivity (Wildman–Crippen MR) is 182 cm³/mol. The molecule has 0 heterocycles. The Kier molecular flexibility index (Phi) is 34.2. The van der Waals surface area contributed by atoms with Crippen LogP contribution in [0.5, 0.6) is 0 Å². The molecule has 0 fully saturated rings. The van der Waals surface area contributed by atoms with Crippen molar-refractivity contribution in [2.75, 3.05) is 0 Å². The Bertz CT molecular complexity index is 412. The summed E-state index contributed by atoms with van der Waals surface area (Å²) in [5.74, 6) is 1.93. The van der Waals surface area contributed by atoms with Gasteiger partial charge in [0.15, 0.2) is 0 Å². The fraction of sp³-hybridized carbons (Fsp3) is 1.00. The van der Waals surface area contributed by atoms with E-state index < -0.39 is 0 Å². The molecule has 0 radical (unpaired) electrons. The Morgan fingerprint density at radius 1 is 0.231 bits per heavy atom. The standard InChI is InChI=1S/C39H80/c1-5-7-9-11-13-15-16-17-19-23-27-31-35-39(4)37-33-29-25-21-18-20-24-28-32-36-38(3)34-30-26-22-14-12-10-8-6-2/h38-39H,5-37H2,1-4H3/t38-,39+/m1/s1. The van der Waals surface area contributed by atoms with Gasteiger partial charge in [-0.15, -0.1) is 0 Å². The smallest absolute Gasteiger partial charge is 0.0443 e. The van der Waals surface area contributed by atoms with Gasteiger partial charge in [0.1, 0.15) is 0 Å². The highest BCUT2D eigenvalue weighted by atomic mass is 14.1. The molecule has 2 atom stereocenters. The van der Waals surface area contributed by atoms with Crippen molar-refractivity contribution in [3.63, 3.8) is 0 Å². The minimum atomic E-state index is 0.964. The summed E-state index contributed by atoms with van der Waals surface area (Å²) >= 11 is 0. The zero-order chi connectivity index (χ0) is 28.5. The molecule has 0 aliphatic heterocycles. The van der Waals surface area contributed by atoms with E-state index in [0.717, 1.165) is 11.8 Å². The SMILES string of the molecule is CCCCCCCCCCCCCC[C@H](C)CCCCCCCCCCC[C@H](C)CCCCCCCCCC. The van der Waals surface area contributed by atoms with E-state index in [1.807, 2.05) is 0 Å². The molecule has 0 saturated heterocycles. The molecule has 0 aromatic carbocycles. The average Bonchev–Trinajstić information content (AvgIpc) is 2.93. The fourth-order valence-corrected chi connectivity index (χ4v) is 6.47. The highest BCUT2D eigenvalue weighted by molar-refractivity contribution is 4.58. The van der Waals surface area contributed by atoms with Gasteiger partial charge in [-0.2, -0.15) is 0 Å². The topological polar surface area (TPSA) is 0 Å². The third-order valence-corrected chi connectivity index (χ3v) is 9.49. The van der Waals surface area contributed by atoms with Gasteiger partial charge in [-0.05, 0) is 11.8 Å². The molecule has 0 N–H and O–H groups in total. The molecule has 0 nitrogen and oxygen atoms in total. The number of hydrogen-bond acceptors (Lipinski definition) is 0. The highest BCUT2D eigenvalue weighted by Gasteiger charge is 2.04. The monoisotopic (exact) mass is 549 g/mol. The van der Waals surface area contributed by atoms with Crippen molar-refractivity contribution in [3.8, 4) is 0 Å². The van der Waals surface area contributed by atoms with Crippen LogP contribution in [-0.4, -0.2) is 0 Å². The molecule has 0 aromatic rings. The van der Waals surface area contributed by atoms with E-state index in [0.29, 0.717) is 0 Å². The maximum absolute atomic E-state index is 2.51. The Labute approximate surface area is 251 Å². The molecule has 0 rings (SSSR count). The van der Waals surface area contributed by atoms with Crippen LogP contribution < -0.4 is 0 Å². The van der Waals surface area contributed by atoms with Crippen molar-refractivity contribution in [3.05, 3.63) is 0 Å². The molecule has 0 aliphatic rings. The third-order valence-electron chi connectivity index (χ3n) is 9.49. The lowest BCUT2D eigenvalue weighted by molar-refractivity contribution is 0.425. The summed E-state index contributed by atoms with van der Waals surface area (Å²) in [6, 6.07) is 0. The van der Waals surface area contributed by atoms with Gasteiger partial charge in [-0.3, -0.25) is 0 Å². The quantitative estimate of drug-likeness (QED) is 0.0701. The second-order valence-corrected chi connectivity index (χ2v) is 13.9. The van der Waals surface area contributed by atoms with Crippen molar-refractivity contribution in [2.45, 2.75) is 240 Å². The fourth-order valence-electron chi connectivity index (χ4n) is 6.47. The zero-order valence-electron chi connectivity index (χ0n) is 28.5. The lowest BCUT2D eigenvalue weighted by Gasteiger charge is -2.11. The maximum Gasteiger partial charge on any atom is -0.0443 e. The van der Waals surface area contributed by atoms with Crippen LogP contribution >= 0.6 is 0 Å². The second kappa shape index (κ2) is 34.2. The Hall–Kier alpha value is 0. The first kappa shape index (κ1) is 39.0. The van der Waals surface area contributed by atoms with Gasteiger partial charge in [0.2, 0.25) is 0 Å². The van der Waals surface area contributed by atoms with Crippen LogP contribution in [0.4, 0.5) is 0 Å². The zero-order valence-corrected chi connectivity index (χ0v) is 28.5. The van der Waals surface area contributed by atoms with E-state index in [9.17, 15) is 0 Å². The number of rotatable bonds is 34. The molecule has 0 amide bonds. The molecular formula is C39H80. The van der Waals surface area contributed by atoms with Crippen molar-refractivity contribution >= 4 is 0 Å². The first-order chi connectivity index (χ1) is 19.2. The van der Waals surface area contributed by atoms with Gasteiger partial charge >= 0.3 is 0 Å². The van der Waals surface area contributed by atoms with Gasteiger partial charge in [-0.25, -0.2) is 0 Å². The highest BCUT2D eigenvalue weighted by Crippen LogP contribution is 2.21. The Morgan fingerprint density at radius 2 is 0.385 bits per heavy atom. The summed E-state index contributed by atoms with van der Waals surface area (Å²) in [6.45, 7) is 9.63. The van der Waals surface area contributed by atoms with Gasteiger partial charge in [-0.1, -0.05) is 240 Å². The lowest BCUT2D eigenvalue weighted by atomic mass is 9.95. The van der Waals surface area contributed by atoms with E-state index in [2.05, 4.69) is 27.7 Å². The molecule has 0 spiro atoms. The van der Waals surface area contributed by atoms with E-state index in [1.54, 1.807) is 0 Å².